The van der Waals surface area contributed by atoms with Gasteiger partial charge in [0.15, 0.2) is 0 Å². The standard InChI is InChI=1S/C19H14ClN3/c1-12-2-4-13(5-3-12)16-10-18(23-19(22)17(16)11-21)14-6-8-15(20)9-7-14/h2-10H,1H3,(H2,22,23). The SMILES string of the molecule is Cc1ccc(-c2cc(-c3ccc(Cl)cc3)nc(N)c2C#N)cc1. The molecule has 0 atom stereocenters. The summed E-state index contributed by atoms with van der Waals surface area (Å²) in [5.74, 6) is 0.232. The lowest BCUT2D eigenvalue weighted by molar-refractivity contribution is 1.31. The minimum absolute atomic E-state index is 0.232. The lowest BCUT2D eigenvalue weighted by atomic mass is 9.98. The molecule has 0 spiro atoms. The van der Waals surface area contributed by atoms with Gasteiger partial charge in [-0.3, -0.25) is 0 Å². The van der Waals surface area contributed by atoms with Gasteiger partial charge in [0.25, 0.3) is 0 Å². The van der Waals surface area contributed by atoms with Gasteiger partial charge in [0.1, 0.15) is 17.5 Å². The molecule has 0 bridgehead atoms. The Labute approximate surface area is 140 Å². The summed E-state index contributed by atoms with van der Waals surface area (Å²) in [6.07, 6.45) is 0. The van der Waals surface area contributed by atoms with E-state index in [0.29, 0.717) is 16.3 Å². The van der Waals surface area contributed by atoms with Crippen LogP contribution in [-0.2, 0) is 0 Å². The van der Waals surface area contributed by atoms with Crippen LogP contribution in [0.4, 0.5) is 5.82 Å². The number of hydrogen-bond acceptors (Lipinski definition) is 3. The normalized spacial score (nSPS) is 10.3. The molecule has 0 radical (unpaired) electrons. The smallest absolute Gasteiger partial charge is 0.142 e. The first kappa shape index (κ1) is 15.1. The molecule has 3 rings (SSSR count). The van der Waals surface area contributed by atoms with E-state index in [1.165, 1.54) is 0 Å². The molecule has 0 fully saturated rings. The van der Waals surface area contributed by atoms with Gasteiger partial charge < -0.3 is 5.73 Å². The zero-order chi connectivity index (χ0) is 16.4. The summed E-state index contributed by atoms with van der Waals surface area (Å²) in [4.78, 5) is 4.36. The number of aromatic nitrogens is 1. The Balaban J connectivity index is 2.20. The van der Waals surface area contributed by atoms with Crippen molar-refractivity contribution >= 4 is 17.4 Å². The van der Waals surface area contributed by atoms with Crippen molar-refractivity contribution in [1.29, 1.82) is 5.26 Å². The minimum atomic E-state index is 0.232. The van der Waals surface area contributed by atoms with E-state index in [0.717, 1.165) is 22.3 Å². The van der Waals surface area contributed by atoms with E-state index in [1.807, 2.05) is 49.4 Å². The van der Waals surface area contributed by atoms with Gasteiger partial charge in [-0.15, -0.1) is 0 Å². The fourth-order valence-electron chi connectivity index (χ4n) is 2.41. The van der Waals surface area contributed by atoms with Crippen LogP contribution < -0.4 is 5.73 Å². The Morgan fingerprint density at radius 3 is 2.22 bits per heavy atom. The van der Waals surface area contributed by atoms with Gasteiger partial charge in [0.05, 0.1) is 5.69 Å². The Morgan fingerprint density at radius 2 is 1.61 bits per heavy atom. The summed E-state index contributed by atoms with van der Waals surface area (Å²) in [5.41, 5.74) is 10.9. The third-order valence-corrected chi connectivity index (χ3v) is 3.91. The van der Waals surface area contributed by atoms with E-state index in [4.69, 9.17) is 17.3 Å². The Kier molecular flexibility index (Phi) is 4.01. The average Bonchev–Trinajstić information content (AvgIpc) is 2.55. The van der Waals surface area contributed by atoms with Crippen molar-refractivity contribution in [3.8, 4) is 28.5 Å². The number of nitriles is 1. The van der Waals surface area contributed by atoms with Crippen LogP contribution in [-0.4, -0.2) is 4.98 Å². The predicted molar refractivity (Wildman–Crippen MR) is 94.0 cm³/mol. The molecule has 0 unspecified atom stereocenters. The van der Waals surface area contributed by atoms with Crippen molar-refractivity contribution < 1.29 is 0 Å². The van der Waals surface area contributed by atoms with E-state index in [1.54, 1.807) is 12.1 Å². The second-order valence-corrected chi connectivity index (χ2v) is 5.74. The lowest BCUT2D eigenvalue weighted by Gasteiger charge is -2.10. The van der Waals surface area contributed by atoms with E-state index in [2.05, 4.69) is 11.1 Å². The average molecular weight is 320 g/mol. The molecule has 23 heavy (non-hydrogen) atoms. The maximum absolute atomic E-state index is 9.43. The molecule has 0 amide bonds. The molecule has 0 aliphatic heterocycles. The van der Waals surface area contributed by atoms with Crippen LogP contribution in [0.2, 0.25) is 5.02 Å². The molecule has 2 N–H and O–H groups in total. The van der Waals surface area contributed by atoms with Crippen molar-refractivity contribution in [2.75, 3.05) is 5.73 Å². The minimum Gasteiger partial charge on any atom is -0.383 e. The number of halogens is 1. The number of benzene rings is 2. The van der Waals surface area contributed by atoms with E-state index >= 15 is 0 Å². The zero-order valence-corrected chi connectivity index (χ0v) is 13.3. The lowest BCUT2D eigenvalue weighted by Crippen LogP contribution is -1.99. The van der Waals surface area contributed by atoms with Gasteiger partial charge in [-0.1, -0.05) is 53.6 Å². The maximum atomic E-state index is 9.43. The van der Waals surface area contributed by atoms with Crippen LogP contribution in [0.5, 0.6) is 0 Å². The summed E-state index contributed by atoms with van der Waals surface area (Å²) >= 11 is 5.93. The van der Waals surface area contributed by atoms with E-state index < -0.39 is 0 Å². The Morgan fingerprint density at radius 1 is 1.00 bits per heavy atom. The number of rotatable bonds is 2. The maximum Gasteiger partial charge on any atom is 0.142 e. The number of hydrogen-bond donors (Lipinski definition) is 1. The highest BCUT2D eigenvalue weighted by Crippen LogP contribution is 2.31. The highest BCUT2D eigenvalue weighted by molar-refractivity contribution is 6.30. The molecule has 0 aliphatic carbocycles. The third kappa shape index (κ3) is 3.03. The van der Waals surface area contributed by atoms with Crippen LogP contribution in [0.15, 0.2) is 54.6 Å². The molecule has 3 aromatic rings. The quantitative estimate of drug-likeness (QED) is 0.735. The molecule has 1 heterocycles. The summed E-state index contributed by atoms with van der Waals surface area (Å²) < 4.78 is 0. The fraction of sp³-hybridized carbons (Fsp3) is 0.0526. The summed E-state index contributed by atoms with van der Waals surface area (Å²) in [5, 5.41) is 10.1. The van der Waals surface area contributed by atoms with Gasteiger partial charge in [-0.05, 0) is 30.7 Å². The number of aryl methyl sites for hydroxylation is 1. The first-order valence-electron chi connectivity index (χ1n) is 7.12. The third-order valence-electron chi connectivity index (χ3n) is 3.66. The second-order valence-electron chi connectivity index (χ2n) is 5.30. The molecule has 112 valence electrons. The number of nitrogen functional groups attached to an aromatic ring is 1. The van der Waals surface area contributed by atoms with Gasteiger partial charge in [-0.25, -0.2) is 4.98 Å². The van der Waals surface area contributed by atoms with Gasteiger partial charge >= 0.3 is 0 Å². The molecule has 0 saturated carbocycles. The van der Waals surface area contributed by atoms with Crippen LogP contribution >= 0.6 is 11.6 Å². The first-order valence-corrected chi connectivity index (χ1v) is 7.50. The van der Waals surface area contributed by atoms with Crippen LogP contribution in [0.25, 0.3) is 22.4 Å². The molecular formula is C19H14ClN3. The number of pyridine rings is 1. The van der Waals surface area contributed by atoms with Gasteiger partial charge in [-0.2, -0.15) is 5.26 Å². The highest BCUT2D eigenvalue weighted by atomic mass is 35.5. The largest absolute Gasteiger partial charge is 0.383 e. The monoisotopic (exact) mass is 319 g/mol. The molecule has 3 nitrogen and oxygen atoms in total. The Bertz CT molecular complexity index is 892. The predicted octanol–water partition coefficient (Wildman–Crippen LogP) is 4.83. The zero-order valence-electron chi connectivity index (χ0n) is 12.5. The first-order chi connectivity index (χ1) is 11.1. The molecule has 0 saturated heterocycles. The van der Waals surface area contributed by atoms with E-state index in [-0.39, 0.29) is 5.82 Å². The highest BCUT2D eigenvalue weighted by Gasteiger charge is 2.13. The molecule has 1 aromatic heterocycles. The van der Waals surface area contributed by atoms with Gasteiger partial charge in [0, 0.05) is 16.1 Å². The van der Waals surface area contributed by atoms with Crippen LogP contribution in [0.1, 0.15) is 11.1 Å². The summed E-state index contributed by atoms with van der Waals surface area (Å²) in [6.45, 7) is 2.02. The second kappa shape index (κ2) is 6.12. The number of nitrogens with zero attached hydrogens (tertiary/aromatic N) is 2. The summed E-state index contributed by atoms with van der Waals surface area (Å²) in [6, 6.07) is 19.4. The topological polar surface area (TPSA) is 62.7 Å². The van der Waals surface area contributed by atoms with Crippen LogP contribution in [0.3, 0.4) is 0 Å². The molecular weight excluding hydrogens is 306 g/mol. The molecule has 0 aliphatic rings. The fourth-order valence-corrected chi connectivity index (χ4v) is 2.54. The number of nitrogens with two attached hydrogens (primary N) is 1. The summed E-state index contributed by atoms with van der Waals surface area (Å²) in [7, 11) is 0. The van der Waals surface area contributed by atoms with Crippen molar-refractivity contribution in [3.05, 3.63) is 70.7 Å². The Hall–Kier alpha value is -2.83. The number of anilines is 1. The van der Waals surface area contributed by atoms with Crippen molar-refractivity contribution in [2.45, 2.75) is 6.92 Å². The molecule has 2 aromatic carbocycles. The van der Waals surface area contributed by atoms with Crippen molar-refractivity contribution in [1.82, 2.24) is 4.98 Å². The molecule has 4 heteroatoms. The van der Waals surface area contributed by atoms with Crippen molar-refractivity contribution in [3.63, 3.8) is 0 Å². The van der Waals surface area contributed by atoms with Crippen molar-refractivity contribution in [2.24, 2.45) is 0 Å². The van der Waals surface area contributed by atoms with Crippen LogP contribution in [0, 0.1) is 18.3 Å². The van der Waals surface area contributed by atoms with E-state index in [9.17, 15) is 5.26 Å². The van der Waals surface area contributed by atoms with Gasteiger partial charge in [0.2, 0.25) is 0 Å².